The SMILES string of the molecule is CC(=O)N1CCC(C(=O)NC(C)CC(O)c2ccccc2)C1. The van der Waals surface area contributed by atoms with E-state index in [4.69, 9.17) is 0 Å². The van der Waals surface area contributed by atoms with Crippen molar-refractivity contribution in [1.82, 2.24) is 10.2 Å². The Morgan fingerprint density at radius 3 is 2.64 bits per heavy atom. The number of nitrogens with zero attached hydrogens (tertiary/aromatic N) is 1. The maximum absolute atomic E-state index is 12.2. The molecule has 2 rings (SSSR count). The topological polar surface area (TPSA) is 69.6 Å². The number of likely N-dealkylation sites (tertiary alicyclic amines) is 1. The summed E-state index contributed by atoms with van der Waals surface area (Å²) in [7, 11) is 0. The van der Waals surface area contributed by atoms with E-state index in [2.05, 4.69) is 5.32 Å². The average molecular weight is 304 g/mol. The van der Waals surface area contributed by atoms with Gasteiger partial charge in [-0.2, -0.15) is 0 Å². The normalized spacial score (nSPS) is 20.5. The number of rotatable bonds is 5. The zero-order valence-electron chi connectivity index (χ0n) is 13.2. The summed E-state index contributed by atoms with van der Waals surface area (Å²) in [6.45, 7) is 4.56. The minimum atomic E-state index is -0.589. The zero-order valence-corrected chi connectivity index (χ0v) is 13.2. The molecule has 0 spiro atoms. The minimum Gasteiger partial charge on any atom is -0.388 e. The van der Waals surface area contributed by atoms with Crippen LogP contribution in [0.4, 0.5) is 0 Å². The predicted molar refractivity (Wildman–Crippen MR) is 84.0 cm³/mol. The number of aliphatic hydroxyl groups is 1. The van der Waals surface area contributed by atoms with Crippen LogP contribution >= 0.6 is 0 Å². The molecule has 120 valence electrons. The summed E-state index contributed by atoms with van der Waals surface area (Å²) >= 11 is 0. The van der Waals surface area contributed by atoms with E-state index in [1.807, 2.05) is 37.3 Å². The van der Waals surface area contributed by atoms with Gasteiger partial charge < -0.3 is 15.3 Å². The number of aliphatic hydroxyl groups excluding tert-OH is 1. The fourth-order valence-corrected chi connectivity index (χ4v) is 2.83. The lowest BCUT2D eigenvalue weighted by Crippen LogP contribution is -2.39. The molecule has 3 unspecified atom stereocenters. The van der Waals surface area contributed by atoms with Crippen molar-refractivity contribution in [3.05, 3.63) is 35.9 Å². The van der Waals surface area contributed by atoms with Crippen LogP contribution < -0.4 is 5.32 Å². The molecule has 1 fully saturated rings. The summed E-state index contributed by atoms with van der Waals surface area (Å²) in [4.78, 5) is 25.2. The minimum absolute atomic E-state index is 0.0165. The summed E-state index contributed by atoms with van der Waals surface area (Å²) in [5, 5.41) is 13.1. The number of carbonyl (C=O) groups excluding carboxylic acids is 2. The standard InChI is InChI=1S/C17H24N2O3/c1-12(10-16(21)14-6-4-3-5-7-14)18-17(22)15-8-9-19(11-15)13(2)20/h3-7,12,15-16,21H,8-11H2,1-2H3,(H,18,22). The van der Waals surface area contributed by atoms with Gasteiger partial charge in [0.05, 0.1) is 12.0 Å². The number of nitrogens with one attached hydrogen (secondary N) is 1. The Morgan fingerprint density at radius 1 is 1.36 bits per heavy atom. The molecule has 5 heteroatoms. The van der Waals surface area contributed by atoms with Crippen LogP contribution in [0.3, 0.4) is 0 Å². The number of benzene rings is 1. The van der Waals surface area contributed by atoms with E-state index in [0.29, 0.717) is 25.9 Å². The molecule has 0 radical (unpaired) electrons. The number of carbonyl (C=O) groups is 2. The van der Waals surface area contributed by atoms with Crippen LogP contribution in [0.15, 0.2) is 30.3 Å². The summed E-state index contributed by atoms with van der Waals surface area (Å²) in [6.07, 6.45) is 0.590. The largest absolute Gasteiger partial charge is 0.388 e. The Hall–Kier alpha value is -1.88. The van der Waals surface area contributed by atoms with Crippen molar-refractivity contribution < 1.29 is 14.7 Å². The smallest absolute Gasteiger partial charge is 0.225 e. The van der Waals surface area contributed by atoms with Crippen LogP contribution in [0.25, 0.3) is 0 Å². The average Bonchev–Trinajstić information content (AvgIpc) is 2.98. The second-order valence-corrected chi connectivity index (χ2v) is 6.02. The van der Waals surface area contributed by atoms with Gasteiger partial charge >= 0.3 is 0 Å². The van der Waals surface area contributed by atoms with E-state index in [0.717, 1.165) is 5.56 Å². The highest BCUT2D eigenvalue weighted by Gasteiger charge is 2.30. The van der Waals surface area contributed by atoms with Gasteiger partial charge in [0.2, 0.25) is 11.8 Å². The first-order valence-corrected chi connectivity index (χ1v) is 7.76. The molecule has 2 N–H and O–H groups in total. The fourth-order valence-electron chi connectivity index (χ4n) is 2.83. The second kappa shape index (κ2) is 7.40. The van der Waals surface area contributed by atoms with Gasteiger partial charge in [-0.15, -0.1) is 0 Å². The van der Waals surface area contributed by atoms with Gasteiger partial charge in [0.25, 0.3) is 0 Å². The van der Waals surface area contributed by atoms with Crippen molar-refractivity contribution in [2.45, 2.75) is 38.8 Å². The maximum Gasteiger partial charge on any atom is 0.225 e. The van der Waals surface area contributed by atoms with Crippen molar-refractivity contribution >= 4 is 11.8 Å². The molecule has 1 aliphatic heterocycles. The Kier molecular flexibility index (Phi) is 5.55. The first-order chi connectivity index (χ1) is 10.5. The number of hydrogen-bond donors (Lipinski definition) is 2. The van der Waals surface area contributed by atoms with E-state index in [1.54, 1.807) is 4.90 Å². The van der Waals surface area contributed by atoms with Gasteiger partial charge in [-0.1, -0.05) is 30.3 Å². The monoisotopic (exact) mass is 304 g/mol. The zero-order chi connectivity index (χ0) is 16.1. The maximum atomic E-state index is 12.2. The predicted octanol–water partition coefficient (Wildman–Crippen LogP) is 1.48. The van der Waals surface area contributed by atoms with Crippen LogP contribution in [-0.2, 0) is 9.59 Å². The van der Waals surface area contributed by atoms with Gasteiger partial charge in [-0.25, -0.2) is 0 Å². The molecule has 2 amide bonds. The van der Waals surface area contributed by atoms with Crippen molar-refractivity contribution in [2.24, 2.45) is 5.92 Å². The summed E-state index contributed by atoms with van der Waals surface area (Å²) < 4.78 is 0. The van der Waals surface area contributed by atoms with E-state index in [1.165, 1.54) is 6.92 Å². The van der Waals surface area contributed by atoms with E-state index in [-0.39, 0.29) is 23.8 Å². The third kappa shape index (κ3) is 4.31. The van der Waals surface area contributed by atoms with Crippen molar-refractivity contribution in [2.75, 3.05) is 13.1 Å². The van der Waals surface area contributed by atoms with Crippen LogP contribution in [0.1, 0.15) is 38.4 Å². The lowest BCUT2D eigenvalue weighted by atomic mass is 10.0. The highest BCUT2D eigenvalue weighted by molar-refractivity contribution is 5.81. The molecule has 5 nitrogen and oxygen atoms in total. The lowest BCUT2D eigenvalue weighted by Gasteiger charge is -2.20. The third-order valence-corrected chi connectivity index (χ3v) is 4.15. The molecular formula is C17H24N2O3. The van der Waals surface area contributed by atoms with E-state index in [9.17, 15) is 14.7 Å². The number of amides is 2. The molecule has 0 bridgehead atoms. The Balaban J connectivity index is 1.81. The molecule has 0 aromatic heterocycles. The van der Waals surface area contributed by atoms with Gasteiger partial charge in [0.1, 0.15) is 0 Å². The number of hydrogen-bond acceptors (Lipinski definition) is 3. The second-order valence-electron chi connectivity index (χ2n) is 6.02. The van der Waals surface area contributed by atoms with Gasteiger partial charge in [0.15, 0.2) is 0 Å². The molecule has 0 saturated carbocycles. The molecule has 1 heterocycles. The van der Waals surface area contributed by atoms with Crippen molar-refractivity contribution in [1.29, 1.82) is 0 Å². The summed E-state index contributed by atoms with van der Waals surface area (Å²) in [5.74, 6) is -0.153. The van der Waals surface area contributed by atoms with Gasteiger partial charge in [-0.05, 0) is 25.3 Å². The van der Waals surface area contributed by atoms with Crippen LogP contribution in [0, 0.1) is 5.92 Å². The van der Waals surface area contributed by atoms with E-state index < -0.39 is 6.10 Å². The quantitative estimate of drug-likeness (QED) is 0.866. The Morgan fingerprint density at radius 2 is 2.05 bits per heavy atom. The highest BCUT2D eigenvalue weighted by atomic mass is 16.3. The van der Waals surface area contributed by atoms with Gasteiger partial charge in [-0.3, -0.25) is 9.59 Å². The van der Waals surface area contributed by atoms with Crippen LogP contribution in [-0.4, -0.2) is 41.0 Å². The third-order valence-electron chi connectivity index (χ3n) is 4.15. The summed E-state index contributed by atoms with van der Waals surface area (Å²) in [6, 6.07) is 9.31. The Labute approximate surface area is 131 Å². The molecule has 22 heavy (non-hydrogen) atoms. The summed E-state index contributed by atoms with van der Waals surface area (Å²) in [5.41, 5.74) is 0.854. The van der Waals surface area contributed by atoms with Crippen molar-refractivity contribution in [3.8, 4) is 0 Å². The Bertz CT molecular complexity index is 518. The highest BCUT2D eigenvalue weighted by Crippen LogP contribution is 2.19. The van der Waals surface area contributed by atoms with Crippen LogP contribution in [0.5, 0.6) is 0 Å². The first-order valence-electron chi connectivity index (χ1n) is 7.76. The molecule has 1 aliphatic rings. The molecular weight excluding hydrogens is 280 g/mol. The van der Waals surface area contributed by atoms with Gasteiger partial charge in [0, 0.05) is 26.1 Å². The molecule has 0 aliphatic carbocycles. The molecule has 1 aromatic rings. The molecule has 1 saturated heterocycles. The van der Waals surface area contributed by atoms with E-state index >= 15 is 0 Å². The molecule has 3 atom stereocenters. The first kappa shape index (κ1) is 16.5. The molecule has 1 aromatic carbocycles. The van der Waals surface area contributed by atoms with Crippen LogP contribution in [0.2, 0.25) is 0 Å². The lowest BCUT2D eigenvalue weighted by molar-refractivity contribution is -0.128. The van der Waals surface area contributed by atoms with Crippen molar-refractivity contribution in [3.63, 3.8) is 0 Å². The fraction of sp³-hybridized carbons (Fsp3) is 0.529.